The summed E-state index contributed by atoms with van der Waals surface area (Å²) in [5, 5.41) is 2.74. The lowest BCUT2D eigenvalue weighted by atomic mass is 10.1. The molecule has 0 bridgehead atoms. The van der Waals surface area contributed by atoms with Crippen molar-refractivity contribution in [2.45, 2.75) is 32.1 Å². The third-order valence-electron chi connectivity index (χ3n) is 6.73. The van der Waals surface area contributed by atoms with Crippen LogP contribution in [0.3, 0.4) is 0 Å². The fraction of sp³-hybridized carbons (Fsp3) is 0.323. The first-order valence-corrected chi connectivity index (χ1v) is 13.4. The standard InChI is InChI=1S/C31H36N4O5/c1-34-14-16-35(17-15-34)31(38)27(20-29(32)36)33-30(37)18-25-12-13-26(39-21-23-8-4-2-5-9-23)19-28(25)40-22-24-10-6-3-7-11-24/h2-13,19,27H,14-18,20-22H2,1H3,(H2,32,36)(H,33,37)/t27-/m0/s1. The molecule has 3 N–H and O–H groups in total. The molecule has 1 aliphatic heterocycles. The van der Waals surface area contributed by atoms with Gasteiger partial charge in [0.25, 0.3) is 0 Å². The molecule has 4 rings (SSSR count). The molecule has 210 valence electrons. The molecule has 0 aliphatic carbocycles. The lowest BCUT2D eigenvalue weighted by Crippen LogP contribution is -2.55. The fourth-order valence-electron chi connectivity index (χ4n) is 4.45. The minimum absolute atomic E-state index is 0.0473. The summed E-state index contributed by atoms with van der Waals surface area (Å²) in [6, 6.07) is 23.9. The van der Waals surface area contributed by atoms with Crippen LogP contribution in [0.4, 0.5) is 0 Å². The molecule has 9 nitrogen and oxygen atoms in total. The van der Waals surface area contributed by atoms with E-state index < -0.39 is 17.9 Å². The first-order chi connectivity index (χ1) is 19.4. The Balaban J connectivity index is 1.46. The van der Waals surface area contributed by atoms with Gasteiger partial charge in [0.15, 0.2) is 0 Å². The second-order valence-corrected chi connectivity index (χ2v) is 9.91. The van der Waals surface area contributed by atoms with Gasteiger partial charge in [-0.25, -0.2) is 0 Å². The van der Waals surface area contributed by atoms with Gasteiger partial charge in [0.2, 0.25) is 17.7 Å². The molecule has 3 aromatic rings. The number of nitrogens with two attached hydrogens (primary N) is 1. The smallest absolute Gasteiger partial charge is 0.245 e. The van der Waals surface area contributed by atoms with Crippen LogP contribution < -0.4 is 20.5 Å². The van der Waals surface area contributed by atoms with Gasteiger partial charge in [-0.3, -0.25) is 14.4 Å². The molecule has 3 amide bonds. The van der Waals surface area contributed by atoms with Crippen molar-refractivity contribution >= 4 is 17.7 Å². The second kappa shape index (κ2) is 14.1. The maximum atomic E-state index is 13.1. The maximum absolute atomic E-state index is 13.1. The number of carbonyl (C=O) groups is 3. The highest BCUT2D eigenvalue weighted by Crippen LogP contribution is 2.27. The highest BCUT2D eigenvalue weighted by Gasteiger charge is 2.29. The molecule has 3 aromatic carbocycles. The highest BCUT2D eigenvalue weighted by molar-refractivity contribution is 5.92. The highest BCUT2D eigenvalue weighted by atomic mass is 16.5. The number of primary amides is 1. The van der Waals surface area contributed by atoms with Gasteiger partial charge in [-0.2, -0.15) is 0 Å². The number of ether oxygens (including phenoxy) is 2. The van der Waals surface area contributed by atoms with Gasteiger partial charge in [0.05, 0.1) is 12.8 Å². The van der Waals surface area contributed by atoms with Crippen LogP contribution >= 0.6 is 0 Å². The zero-order valence-corrected chi connectivity index (χ0v) is 22.8. The van der Waals surface area contributed by atoms with Gasteiger partial charge in [-0.1, -0.05) is 66.7 Å². The largest absolute Gasteiger partial charge is 0.489 e. The number of carbonyl (C=O) groups excluding carboxylic acids is 3. The van der Waals surface area contributed by atoms with Crippen LogP contribution in [0.15, 0.2) is 78.9 Å². The van der Waals surface area contributed by atoms with Crippen molar-refractivity contribution < 1.29 is 23.9 Å². The lowest BCUT2D eigenvalue weighted by molar-refractivity contribution is -0.139. The van der Waals surface area contributed by atoms with Gasteiger partial charge >= 0.3 is 0 Å². The van der Waals surface area contributed by atoms with Crippen molar-refractivity contribution in [3.8, 4) is 11.5 Å². The Hall–Kier alpha value is -4.37. The predicted octanol–water partition coefficient (Wildman–Crippen LogP) is 2.52. The van der Waals surface area contributed by atoms with E-state index in [-0.39, 0.29) is 18.7 Å². The molecule has 1 saturated heterocycles. The Labute approximate surface area is 234 Å². The first kappa shape index (κ1) is 28.6. The maximum Gasteiger partial charge on any atom is 0.245 e. The lowest BCUT2D eigenvalue weighted by Gasteiger charge is -2.34. The average Bonchev–Trinajstić information content (AvgIpc) is 2.96. The number of hydrogen-bond acceptors (Lipinski definition) is 6. The predicted molar refractivity (Wildman–Crippen MR) is 152 cm³/mol. The van der Waals surface area contributed by atoms with E-state index in [1.165, 1.54) is 0 Å². The van der Waals surface area contributed by atoms with Crippen molar-refractivity contribution in [1.29, 1.82) is 0 Å². The molecule has 0 aromatic heterocycles. The van der Waals surface area contributed by atoms with E-state index in [4.69, 9.17) is 15.2 Å². The van der Waals surface area contributed by atoms with Crippen LogP contribution in [-0.2, 0) is 34.0 Å². The summed E-state index contributed by atoms with van der Waals surface area (Å²) in [5.74, 6) is -0.254. The van der Waals surface area contributed by atoms with Crippen LogP contribution in [0.5, 0.6) is 11.5 Å². The molecule has 9 heteroatoms. The van der Waals surface area contributed by atoms with E-state index in [0.29, 0.717) is 43.4 Å². The Morgan fingerprint density at radius 1 is 0.850 bits per heavy atom. The van der Waals surface area contributed by atoms with Crippen molar-refractivity contribution in [3.63, 3.8) is 0 Å². The van der Waals surface area contributed by atoms with E-state index in [0.717, 1.165) is 24.2 Å². The third kappa shape index (κ3) is 8.57. The zero-order valence-electron chi connectivity index (χ0n) is 22.8. The number of nitrogens with one attached hydrogen (secondary N) is 1. The van der Waals surface area contributed by atoms with Crippen LogP contribution in [0.2, 0.25) is 0 Å². The number of benzene rings is 3. The van der Waals surface area contributed by atoms with E-state index in [1.54, 1.807) is 23.1 Å². The van der Waals surface area contributed by atoms with Gasteiger partial charge in [-0.05, 0) is 24.2 Å². The van der Waals surface area contributed by atoms with Gasteiger partial charge in [0, 0.05) is 37.8 Å². The molecular weight excluding hydrogens is 508 g/mol. The summed E-state index contributed by atoms with van der Waals surface area (Å²) in [4.78, 5) is 41.8. The third-order valence-corrected chi connectivity index (χ3v) is 6.73. The van der Waals surface area contributed by atoms with Crippen LogP contribution in [0, 0.1) is 0 Å². The average molecular weight is 545 g/mol. The molecule has 1 atom stereocenters. The molecule has 1 heterocycles. The summed E-state index contributed by atoms with van der Waals surface area (Å²) in [6.45, 7) is 3.21. The van der Waals surface area contributed by atoms with E-state index in [1.807, 2.05) is 67.7 Å². The Morgan fingerprint density at radius 2 is 1.45 bits per heavy atom. The molecule has 1 fully saturated rings. The second-order valence-electron chi connectivity index (χ2n) is 9.91. The van der Waals surface area contributed by atoms with Gasteiger partial charge < -0.3 is 30.3 Å². The minimum atomic E-state index is -1.02. The minimum Gasteiger partial charge on any atom is -0.489 e. The summed E-state index contributed by atoms with van der Waals surface area (Å²) in [7, 11) is 1.99. The molecule has 40 heavy (non-hydrogen) atoms. The quantitative estimate of drug-likeness (QED) is 0.362. The Morgan fingerprint density at radius 3 is 2.05 bits per heavy atom. The number of hydrogen-bond donors (Lipinski definition) is 2. The molecule has 0 unspecified atom stereocenters. The molecule has 1 aliphatic rings. The Kier molecular flexibility index (Phi) is 10.1. The molecule has 0 radical (unpaired) electrons. The number of likely N-dealkylation sites (N-methyl/N-ethyl adjacent to an activating group) is 1. The Bertz CT molecular complexity index is 1280. The van der Waals surface area contributed by atoms with Crippen molar-refractivity contribution in [3.05, 3.63) is 95.6 Å². The van der Waals surface area contributed by atoms with Gasteiger partial charge in [-0.15, -0.1) is 0 Å². The van der Waals surface area contributed by atoms with Crippen LogP contribution in [-0.4, -0.2) is 66.8 Å². The summed E-state index contributed by atoms with van der Waals surface area (Å²) >= 11 is 0. The number of amides is 3. The number of piperazine rings is 1. The summed E-state index contributed by atoms with van der Waals surface area (Å²) in [6.07, 6.45) is -0.311. The topological polar surface area (TPSA) is 114 Å². The van der Waals surface area contributed by atoms with E-state index >= 15 is 0 Å². The number of nitrogens with zero attached hydrogens (tertiary/aromatic N) is 2. The monoisotopic (exact) mass is 544 g/mol. The first-order valence-electron chi connectivity index (χ1n) is 13.4. The van der Waals surface area contributed by atoms with E-state index in [9.17, 15) is 14.4 Å². The normalized spacial score (nSPS) is 14.3. The summed E-state index contributed by atoms with van der Waals surface area (Å²) < 4.78 is 12.1. The van der Waals surface area contributed by atoms with Crippen molar-refractivity contribution in [1.82, 2.24) is 15.1 Å². The van der Waals surface area contributed by atoms with Crippen molar-refractivity contribution in [2.24, 2.45) is 5.73 Å². The SMILES string of the molecule is CN1CCN(C(=O)[C@H](CC(N)=O)NC(=O)Cc2ccc(OCc3ccccc3)cc2OCc2ccccc2)CC1. The fourth-order valence-corrected chi connectivity index (χ4v) is 4.45. The molecular formula is C31H36N4O5. The van der Waals surface area contributed by atoms with E-state index in [2.05, 4.69) is 10.2 Å². The van der Waals surface area contributed by atoms with Crippen molar-refractivity contribution in [2.75, 3.05) is 33.2 Å². The van der Waals surface area contributed by atoms with Crippen LogP contribution in [0.1, 0.15) is 23.1 Å². The zero-order chi connectivity index (χ0) is 28.3. The molecule has 0 spiro atoms. The number of rotatable bonds is 12. The van der Waals surface area contributed by atoms with Gasteiger partial charge in [0.1, 0.15) is 30.8 Å². The van der Waals surface area contributed by atoms with Crippen LogP contribution in [0.25, 0.3) is 0 Å². The molecule has 0 saturated carbocycles. The summed E-state index contributed by atoms with van der Waals surface area (Å²) in [5.41, 5.74) is 8.05.